The van der Waals surface area contributed by atoms with Crippen molar-refractivity contribution in [1.82, 2.24) is 14.8 Å². The summed E-state index contributed by atoms with van der Waals surface area (Å²) >= 11 is 0. The van der Waals surface area contributed by atoms with Gasteiger partial charge in [-0.3, -0.25) is 14.4 Å². The minimum atomic E-state index is -3.51. The number of rotatable bonds is 7. The van der Waals surface area contributed by atoms with Crippen LogP contribution in [0, 0.1) is 0 Å². The van der Waals surface area contributed by atoms with Crippen molar-refractivity contribution in [1.29, 1.82) is 0 Å². The standard InChI is InChI=1S/C22H29N5O5S/c1-26-4-6-27(7-5-26)12-21(28)24-19-9-15(8-17-13-32-14-18(17)19)16-10-20(25-33(3,29)30)22(31-2)23-11-16/h8-11,25H,4-7,12-14H2,1-3H3,(H,24,28). The Hall–Kier alpha value is -2.73. The Bertz CT molecular complexity index is 1150. The van der Waals surface area contributed by atoms with Crippen molar-refractivity contribution < 1.29 is 22.7 Å². The molecule has 1 saturated heterocycles. The minimum Gasteiger partial charge on any atom is -0.480 e. The summed E-state index contributed by atoms with van der Waals surface area (Å²) in [5, 5.41) is 3.06. The van der Waals surface area contributed by atoms with Gasteiger partial charge in [0.1, 0.15) is 5.69 Å². The Morgan fingerprint density at radius 1 is 1.12 bits per heavy atom. The number of likely N-dealkylation sites (N-methyl/N-ethyl adjacent to an activating group) is 1. The van der Waals surface area contributed by atoms with Crippen LogP contribution in [-0.4, -0.2) is 82.2 Å². The van der Waals surface area contributed by atoms with Crippen LogP contribution in [0.15, 0.2) is 24.4 Å². The summed E-state index contributed by atoms with van der Waals surface area (Å²) in [6, 6.07) is 5.52. The van der Waals surface area contributed by atoms with Gasteiger partial charge < -0.3 is 19.7 Å². The zero-order valence-corrected chi connectivity index (χ0v) is 19.9. The number of carbonyl (C=O) groups is 1. The fourth-order valence-electron chi connectivity index (χ4n) is 4.02. The summed E-state index contributed by atoms with van der Waals surface area (Å²) < 4.78 is 36.8. The lowest BCUT2D eigenvalue weighted by atomic mass is 9.99. The molecule has 2 aliphatic heterocycles. The minimum absolute atomic E-state index is 0.0712. The van der Waals surface area contributed by atoms with Gasteiger partial charge in [-0.15, -0.1) is 0 Å². The molecule has 1 amide bonds. The lowest BCUT2D eigenvalue weighted by molar-refractivity contribution is -0.117. The lowest BCUT2D eigenvalue weighted by Crippen LogP contribution is -2.47. The van der Waals surface area contributed by atoms with E-state index in [0.717, 1.165) is 49.1 Å². The molecule has 2 aromatic rings. The highest BCUT2D eigenvalue weighted by Crippen LogP contribution is 2.35. The maximum Gasteiger partial charge on any atom is 0.238 e. The first-order valence-electron chi connectivity index (χ1n) is 10.7. The predicted octanol–water partition coefficient (Wildman–Crippen LogP) is 1.34. The number of nitrogens with one attached hydrogen (secondary N) is 2. The van der Waals surface area contributed by atoms with Crippen LogP contribution >= 0.6 is 0 Å². The first-order valence-corrected chi connectivity index (χ1v) is 12.6. The average Bonchev–Trinajstić information content (AvgIpc) is 3.23. The van der Waals surface area contributed by atoms with Gasteiger partial charge >= 0.3 is 0 Å². The summed E-state index contributed by atoms with van der Waals surface area (Å²) in [5.74, 6) is 0.104. The van der Waals surface area contributed by atoms with E-state index in [-0.39, 0.29) is 17.5 Å². The van der Waals surface area contributed by atoms with Crippen LogP contribution in [0.25, 0.3) is 11.1 Å². The second kappa shape index (κ2) is 9.64. The number of hydrogen-bond donors (Lipinski definition) is 2. The molecule has 0 bridgehead atoms. The van der Waals surface area contributed by atoms with Crippen molar-refractivity contribution in [3.8, 4) is 17.0 Å². The lowest BCUT2D eigenvalue weighted by Gasteiger charge is -2.31. The SMILES string of the molecule is COc1ncc(-c2cc3c(c(NC(=O)CN4CCN(C)CC4)c2)COC3)cc1NS(C)(=O)=O. The number of sulfonamides is 1. The van der Waals surface area contributed by atoms with Gasteiger partial charge in [-0.25, -0.2) is 13.4 Å². The number of pyridine rings is 1. The zero-order valence-electron chi connectivity index (χ0n) is 19.1. The van der Waals surface area contributed by atoms with Crippen LogP contribution in [0.5, 0.6) is 5.88 Å². The van der Waals surface area contributed by atoms with Gasteiger partial charge in [-0.1, -0.05) is 0 Å². The highest BCUT2D eigenvalue weighted by atomic mass is 32.2. The third-order valence-corrected chi connectivity index (χ3v) is 6.35. The van der Waals surface area contributed by atoms with Crippen molar-refractivity contribution in [2.45, 2.75) is 13.2 Å². The number of anilines is 2. The smallest absolute Gasteiger partial charge is 0.238 e. The van der Waals surface area contributed by atoms with Gasteiger partial charge in [0.2, 0.25) is 21.8 Å². The molecule has 1 fully saturated rings. The molecular weight excluding hydrogens is 446 g/mol. The number of piperazine rings is 1. The summed E-state index contributed by atoms with van der Waals surface area (Å²) in [4.78, 5) is 21.4. The van der Waals surface area contributed by atoms with E-state index < -0.39 is 10.0 Å². The monoisotopic (exact) mass is 475 g/mol. The first kappa shape index (κ1) is 23.4. The molecule has 0 spiro atoms. The van der Waals surface area contributed by atoms with Crippen LogP contribution in [-0.2, 0) is 32.8 Å². The van der Waals surface area contributed by atoms with Gasteiger partial charge in [0.15, 0.2) is 0 Å². The van der Waals surface area contributed by atoms with Crippen molar-refractivity contribution >= 4 is 27.3 Å². The Morgan fingerprint density at radius 3 is 2.55 bits per heavy atom. The number of ether oxygens (including phenoxy) is 2. The van der Waals surface area contributed by atoms with Gasteiger partial charge in [0.05, 0.1) is 33.1 Å². The zero-order chi connectivity index (χ0) is 23.6. The molecule has 0 radical (unpaired) electrons. The molecule has 1 aromatic heterocycles. The first-order chi connectivity index (χ1) is 15.7. The third-order valence-electron chi connectivity index (χ3n) is 5.76. The Labute approximate surface area is 193 Å². The Balaban J connectivity index is 1.60. The van der Waals surface area contributed by atoms with Crippen molar-refractivity contribution in [3.05, 3.63) is 35.5 Å². The molecule has 33 heavy (non-hydrogen) atoms. The van der Waals surface area contributed by atoms with Crippen molar-refractivity contribution in [2.75, 3.05) is 63.2 Å². The van der Waals surface area contributed by atoms with Gasteiger partial charge in [-0.2, -0.15) is 0 Å². The molecule has 3 heterocycles. The molecule has 11 heteroatoms. The molecule has 4 rings (SSSR count). The molecule has 2 aliphatic rings. The highest BCUT2D eigenvalue weighted by Gasteiger charge is 2.22. The molecule has 0 atom stereocenters. The van der Waals surface area contributed by atoms with Gasteiger partial charge in [-0.05, 0) is 36.4 Å². The molecular formula is C22H29N5O5S. The predicted molar refractivity (Wildman–Crippen MR) is 126 cm³/mol. The number of benzene rings is 1. The molecule has 0 saturated carbocycles. The van der Waals surface area contributed by atoms with Crippen molar-refractivity contribution in [2.24, 2.45) is 0 Å². The van der Waals surface area contributed by atoms with Gasteiger partial charge in [0, 0.05) is 49.2 Å². The van der Waals surface area contributed by atoms with E-state index in [1.54, 1.807) is 12.3 Å². The van der Waals surface area contributed by atoms with Crippen LogP contribution in [0.4, 0.5) is 11.4 Å². The number of hydrogen-bond acceptors (Lipinski definition) is 8. The third kappa shape index (κ3) is 5.80. The second-order valence-corrected chi connectivity index (χ2v) is 10.2. The normalized spacial score (nSPS) is 16.9. The Morgan fingerprint density at radius 2 is 1.85 bits per heavy atom. The van der Waals surface area contributed by atoms with Crippen molar-refractivity contribution in [3.63, 3.8) is 0 Å². The fourth-order valence-corrected chi connectivity index (χ4v) is 4.56. The number of amides is 1. The number of aromatic nitrogens is 1. The highest BCUT2D eigenvalue weighted by molar-refractivity contribution is 7.92. The van der Waals surface area contributed by atoms with Crippen LogP contribution < -0.4 is 14.8 Å². The molecule has 0 aliphatic carbocycles. The van der Waals surface area contributed by atoms with E-state index in [4.69, 9.17) is 9.47 Å². The number of nitrogens with zero attached hydrogens (tertiary/aromatic N) is 3. The molecule has 0 unspecified atom stereocenters. The topological polar surface area (TPSA) is 113 Å². The molecule has 2 N–H and O–H groups in total. The van der Waals surface area contributed by atoms with Crippen LogP contribution in [0.2, 0.25) is 0 Å². The van der Waals surface area contributed by atoms with E-state index in [9.17, 15) is 13.2 Å². The van der Waals surface area contributed by atoms with Crippen LogP contribution in [0.1, 0.15) is 11.1 Å². The van der Waals surface area contributed by atoms with E-state index in [1.165, 1.54) is 7.11 Å². The average molecular weight is 476 g/mol. The van der Waals surface area contributed by atoms with E-state index >= 15 is 0 Å². The quantitative estimate of drug-likeness (QED) is 0.617. The fraction of sp³-hybridized carbons (Fsp3) is 0.455. The van der Waals surface area contributed by atoms with E-state index in [0.29, 0.717) is 31.0 Å². The number of carbonyl (C=O) groups excluding carboxylic acids is 1. The summed E-state index contributed by atoms with van der Waals surface area (Å²) in [6.45, 7) is 4.82. The van der Waals surface area contributed by atoms with Gasteiger partial charge in [0.25, 0.3) is 0 Å². The largest absolute Gasteiger partial charge is 0.480 e. The number of methoxy groups -OCH3 is 1. The summed E-state index contributed by atoms with van der Waals surface area (Å²) in [6.07, 6.45) is 2.68. The maximum atomic E-state index is 12.8. The second-order valence-electron chi connectivity index (χ2n) is 8.44. The summed E-state index contributed by atoms with van der Waals surface area (Å²) in [7, 11) is -0.00737. The maximum absolute atomic E-state index is 12.8. The number of fused-ring (bicyclic) bond motifs is 1. The Kier molecular flexibility index (Phi) is 6.84. The summed E-state index contributed by atoms with van der Waals surface area (Å²) in [5.41, 5.74) is 4.37. The van der Waals surface area contributed by atoms with Crippen LogP contribution in [0.3, 0.4) is 0 Å². The molecule has 1 aromatic carbocycles. The van der Waals surface area contributed by atoms with E-state index in [1.807, 2.05) is 12.1 Å². The van der Waals surface area contributed by atoms with E-state index in [2.05, 4.69) is 31.9 Å². The molecule has 10 nitrogen and oxygen atoms in total. The molecule has 178 valence electrons.